The first-order chi connectivity index (χ1) is 14.8. The van der Waals surface area contributed by atoms with Crippen LogP contribution in [0.2, 0.25) is 0 Å². The van der Waals surface area contributed by atoms with E-state index in [1.807, 2.05) is 60.7 Å². The summed E-state index contributed by atoms with van der Waals surface area (Å²) in [5.74, 6) is 0.831. The number of hydrogen-bond acceptors (Lipinski definition) is 4. The fourth-order valence-electron chi connectivity index (χ4n) is 3.22. The number of nitrogens with zero attached hydrogens (tertiary/aromatic N) is 2. The van der Waals surface area contributed by atoms with Gasteiger partial charge in [0.25, 0.3) is 0 Å². The van der Waals surface area contributed by atoms with E-state index in [1.165, 1.54) is 0 Å². The maximum absolute atomic E-state index is 12.2. The Morgan fingerprint density at radius 1 is 0.935 bits per heavy atom. The molecule has 0 saturated carbocycles. The molecule has 0 aliphatic rings. The summed E-state index contributed by atoms with van der Waals surface area (Å²) in [5, 5.41) is 0. The molecule has 0 amide bonds. The van der Waals surface area contributed by atoms with Gasteiger partial charge in [0, 0.05) is 17.7 Å². The van der Waals surface area contributed by atoms with Crippen molar-refractivity contribution in [3.8, 4) is 11.4 Å². The van der Waals surface area contributed by atoms with Crippen LogP contribution in [-0.2, 0) is 11.2 Å². The third-order valence-electron chi connectivity index (χ3n) is 4.69. The van der Waals surface area contributed by atoms with E-state index in [9.17, 15) is 13.2 Å². The average Bonchev–Trinajstić information content (AvgIpc) is 2.76. The quantitative estimate of drug-likeness (QED) is 0.446. The summed E-state index contributed by atoms with van der Waals surface area (Å²) in [6.07, 6.45) is -2.73. The topological polar surface area (TPSA) is 61.0 Å². The number of anilines is 1. The number of alkyl halides is 3. The molecule has 1 aromatic heterocycles. The second kappa shape index (κ2) is 10.2. The van der Waals surface area contributed by atoms with Crippen molar-refractivity contribution < 1.29 is 17.9 Å². The van der Waals surface area contributed by atoms with Gasteiger partial charge in [0.15, 0.2) is 5.82 Å². The fourth-order valence-corrected chi connectivity index (χ4v) is 3.22. The monoisotopic (exact) mass is 427 g/mol. The van der Waals surface area contributed by atoms with Gasteiger partial charge in [-0.25, -0.2) is 9.97 Å². The minimum absolute atomic E-state index is 0.0284. The molecule has 2 N–H and O–H groups in total. The van der Waals surface area contributed by atoms with E-state index < -0.39 is 12.8 Å². The molecule has 4 nitrogen and oxygen atoms in total. The molecule has 0 aliphatic heterocycles. The first kappa shape index (κ1) is 22.5. The van der Waals surface area contributed by atoms with Gasteiger partial charge in [-0.1, -0.05) is 67.2 Å². The molecule has 2 aromatic carbocycles. The molecular formula is C24H24F3N3O. The molecule has 0 atom stereocenters. The number of benzene rings is 2. The summed E-state index contributed by atoms with van der Waals surface area (Å²) >= 11 is 0. The Morgan fingerprint density at radius 2 is 1.58 bits per heavy atom. The average molecular weight is 427 g/mol. The Hall–Kier alpha value is -3.19. The van der Waals surface area contributed by atoms with Crippen LogP contribution in [-0.4, -0.2) is 29.4 Å². The third kappa shape index (κ3) is 6.39. The highest BCUT2D eigenvalue weighted by atomic mass is 19.4. The smallest absolute Gasteiger partial charge is 0.383 e. The van der Waals surface area contributed by atoms with E-state index in [0.29, 0.717) is 42.0 Å². The highest BCUT2D eigenvalue weighted by molar-refractivity contribution is 5.84. The predicted molar refractivity (Wildman–Crippen MR) is 116 cm³/mol. The highest BCUT2D eigenvalue weighted by Gasteiger charge is 2.27. The van der Waals surface area contributed by atoms with E-state index >= 15 is 0 Å². The molecule has 3 rings (SSSR count). The zero-order chi connectivity index (χ0) is 22.3. The number of aryl methyl sites for hydroxylation is 1. The number of rotatable bonds is 9. The molecule has 0 radical (unpaired) electrons. The van der Waals surface area contributed by atoms with Crippen LogP contribution in [0.15, 0.2) is 67.2 Å². The van der Waals surface area contributed by atoms with Crippen LogP contribution in [0, 0.1) is 0 Å². The highest BCUT2D eigenvalue weighted by Crippen LogP contribution is 2.31. The fraction of sp³-hybridized carbons (Fsp3) is 0.250. The second-order valence-electron chi connectivity index (χ2n) is 7.09. The molecule has 162 valence electrons. The largest absolute Gasteiger partial charge is 0.411 e. The Labute approximate surface area is 179 Å². The van der Waals surface area contributed by atoms with E-state index in [0.717, 1.165) is 16.8 Å². The van der Waals surface area contributed by atoms with Gasteiger partial charge < -0.3 is 10.5 Å². The van der Waals surface area contributed by atoms with Crippen LogP contribution in [0.5, 0.6) is 0 Å². The van der Waals surface area contributed by atoms with Crippen molar-refractivity contribution in [1.82, 2.24) is 9.97 Å². The zero-order valence-electron chi connectivity index (χ0n) is 17.0. The van der Waals surface area contributed by atoms with Crippen LogP contribution in [0.25, 0.3) is 17.0 Å². The minimum Gasteiger partial charge on any atom is -0.383 e. The SMILES string of the molecule is C=C(c1ccccc1)c1c(N)nc(-c2ccccc2)nc1CCCCOCC(F)(F)F. The lowest BCUT2D eigenvalue weighted by atomic mass is 9.96. The Morgan fingerprint density at radius 3 is 2.23 bits per heavy atom. The van der Waals surface area contributed by atoms with Crippen molar-refractivity contribution in [3.05, 3.63) is 84.1 Å². The van der Waals surface area contributed by atoms with Gasteiger partial charge in [-0.3, -0.25) is 0 Å². The lowest BCUT2D eigenvalue weighted by molar-refractivity contribution is -0.174. The van der Waals surface area contributed by atoms with Gasteiger partial charge in [-0.15, -0.1) is 0 Å². The van der Waals surface area contributed by atoms with Gasteiger partial charge in [-0.05, 0) is 30.4 Å². The van der Waals surface area contributed by atoms with Crippen LogP contribution in [0.4, 0.5) is 19.0 Å². The Balaban J connectivity index is 1.83. The summed E-state index contributed by atoms with van der Waals surface area (Å²) in [6, 6.07) is 19.1. The predicted octanol–water partition coefficient (Wildman–Crippen LogP) is 5.69. The van der Waals surface area contributed by atoms with Crippen LogP contribution in [0.3, 0.4) is 0 Å². The number of nitrogens with two attached hydrogens (primary N) is 1. The van der Waals surface area contributed by atoms with Crippen molar-refractivity contribution >= 4 is 11.4 Å². The third-order valence-corrected chi connectivity index (χ3v) is 4.69. The van der Waals surface area contributed by atoms with Gasteiger partial charge in [-0.2, -0.15) is 13.2 Å². The lowest BCUT2D eigenvalue weighted by Crippen LogP contribution is -2.17. The molecule has 0 spiro atoms. The number of hydrogen-bond donors (Lipinski definition) is 1. The van der Waals surface area contributed by atoms with Gasteiger partial charge in [0.1, 0.15) is 12.4 Å². The summed E-state index contributed by atoms with van der Waals surface area (Å²) in [4.78, 5) is 9.23. The van der Waals surface area contributed by atoms with E-state index in [-0.39, 0.29) is 6.61 Å². The molecule has 7 heteroatoms. The summed E-state index contributed by atoms with van der Waals surface area (Å²) in [7, 11) is 0. The molecule has 0 unspecified atom stereocenters. The summed E-state index contributed by atoms with van der Waals surface area (Å²) in [5.41, 5.74) is 10.2. The molecule has 0 bridgehead atoms. The maximum atomic E-state index is 12.2. The number of unbranched alkanes of at least 4 members (excludes halogenated alkanes) is 1. The van der Waals surface area contributed by atoms with Gasteiger partial charge in [0.05, 0.1) is 5.69 Å². The Bertz CT molecular complexity index is 1010. The first-order valence-electron chi connectivity index (χ1n) is 9.96. The van der Waals surface area contributed by atoms with Crippen molar-refractivity contribution in [1.29, 1.82) is 0 Å². The Kier molecular flexibility index (Phi) is 7.41. The number of ether oxygens (including phenoxy) is 1. The summed E-state index contributed by atoms with van der Waals surface area (Å²) < 4.78 is 41.4. The van der Waals surface area contributed by atoms with Crippen molar-refractivity contribution in [2.45, 2.75) is 25.4 Å². The van der Waals surface area contributed by atoms with Gasteiger partial charge in [0.2, 0.25) is 0 Å². The molecule has 0 aliphatic carbocycles. The van der Waals surface area contributed by atoms with Crippen LogP contribution < -0.4 is 5.73 Å². The van der Waals surface area contributed by atoms with Crippen LogP contribution in [0.1, 0.15) is 29.7 Å². The molecule has 1 heterocycles. The molecular weight excluding hydrogens is 403 g/mol. The number of aromatic nitrogens is 2. The molecule has 0 fully saturated rings. The minimum atomic E-state index is -4.31. The lowest BCUT2D eigenvalue weighted by Gasteiger charge is -2.16. The van der Waals surface area contributed by atoms with Crippen molar-refractivity contribution in [2.75, 3.05) is 18.9 Å². The van der Waals surface area contributed by atoms with E-state index in [4.69, 9.17) is 15.5 Å². The zero-order valence-corrected chi connectivity index (χ0v) is 17.0. The molecule has 0 saturated heterocycles. The number of halogens is 3. The maximum Gasteiger partial charge on any atom is 0.411 e. The van der Waals surface area contributed by atoms with E-state index in [1.54, 1.807) is 0 Å². The van der Waals surface area contributed by atoms with Crippen molar-refractivity contribution in [2.24, 2.45) is 0 Å². The van der Waals surface area contributed by atoms with Crippen LogP contribution >= 0.6 is 0 Å². The number of nitrogen functional groups attached to an aromatic ring is 1. The second-order valence-corrected chi connectivity index (χ2v) is 7.09. The first-order valence-corrected chi connectivity index (χ1v) is 9.96. The summed E-state index contributed by atoms with van der Waals surface area (Å²) in [6.45, 7) is 2.99. The normalized spacial score (nSPS) is 11.5. The van der Waals surface area contributed by atoms with E-state index in [2.05, 4.69) is 11.6 Å². The van der Waals surface area contributed by atoms with Gasteiger partial charge >= 0.3 is 6.18 Å². The molecule has 3 aromatic rings. The molecule has 31 heavy (non-hydrogen) atoms. The standard InChI is InChI=1S/C24H24F3N3O/c1-17(18-10-4-2-5-11-18)21-20(14-8-9-15-31-16-24(25,26)27)29-23(30-22(21)28)19-12-6-3-7-13-19/h2-7,10-13H,1,8-9,14-16H2,(H2,28,29,30). The van der Waals surface area contributed by atoms with Crippen molar-refractivity contribution in [3.63, 3.8) is 0 Å².